The van der Waals surface area contributed by atoms with E-state index in [2.05, 4.69) is 0 Å². The summed E-state index contributed by atoms with van der Waals surface area (Å²) in [6, 6.07) is 0. The molecule has 0 fully saturated rings. The van der Waals surface area contributed by atoms with Crippen molar-refractivity contribution in [3.63, 3.8) is 0 Å². The Hall–Kier alpha value is 2.32. The molecule has 0 aliphatic heterocycles. The molecular weight excluding hydrogens is 367 g/mol. The van der Waals surface area contributed by atoms with Gasteiger partial charge in [-0.3, -0.25) is 16.8 Å². The van der Waals surface area contributed by atoms with E-state index in [-0.39, 0.29) is 78.9 Å². The molecule has 0 N–H and O–H groups in total. The normalized spacial score (nSPS) is 9.67. The van der Waals surface area contributed by atoms with Gasteiger partial charge in [0.2, 0.25) is 0 Å². The first-order chi connectivity index (χ1) is 4.00. The van der Waals surface area contributed by atoms with E-state index >= 15 is 0 Å². The van der Waals surface area contributed by atoms with E-state index in [0.29, 0.717) is 0 Å². The summed E-state index contributed by atoms with van der Waals surface area (Å²) in [6.45, 7) is 0. The van der Waals surface area contributed by atoms with E-state index in [4.69, 9.17) is 35.0 Å². The van der Waals surface area contributed by atoms with E-state index in [1.165, 1.54) is 0 Å². The van der Waals surface area contributed by atoms with Crippen LogP contribution >= 0.6 is 0 Å². The molecule has 8 nitrogen and oxygen atoms in total. The predicted molar refractivity (Wildman–Crippen MR) is 20.9 cm³/mol. The zero-order valence-corrected chi connectivity index (χ0v) is 11.5. The Morgan fingerprint density at radius 3 is 0.667 bits per heavy atom. The molecule has 0 saturated heterocycles. The summed E-state index contributed by atoms with van der Waals surface area (Å²) in [5, 5.41) is 0. The standard InChI is InChI=1S/Eu.Na.2H2O4S/c;;2*1-5(2,3)4/h;;2*(H2,1,2,3,4)/q+3;+1;;/p-4. The molecule has 0 unspecified atom stereocenters. The Morgan fingerprint density at radius 2 is 0.667 bits per heavy atom. The molecule has 0 aromatic heterocycles. The Kier molecular flexibility index (Phi) is 19.6. The third-order valence-electron chi connectivity index (χ3n) is 0. The average Bonchev–Trinajstić information content (AvgIpc) is 1.12. The van der Waals surface area contributed by atoms with E-state index < -0.39 is 20.8 Å². The van der Waals surface area contributed by atoms with Crippen LogP contribution in [0.4, 0.5) is 0 Å². The molecule has 0 aromatic carbocycles. The van der Waals surface area contributed by atoms with Crippen LogP contribution in [0.3, 0.4) is 0 Å². The molecule has 0 aliphatic carbocycles. The van der Waals surface area contributed by atoms with E-state index in [1.807, 2.05) is 0 Å². The maximum atomic E-state index is 8.52. The van der Waals surface area contributed by atoms with Crippen LogP contribution in [0.5, 0.6) is 0 Å². The van der Waals surface area contributed by atoms with Crippen LogP contribution in [0.1, 0.15) is 0 Å². The van der Waals surface area contributed by atoms with Gasteiger partial charge in [0.25, 0.3) is 0 Å². The van der Waals surface area contributed by atoms with Gasteiger partial charge in [-0.1, -0.05) is 0 Å². The number of hydrogen-bond acceptors (Lipinski definition) is 8. The van der Waals surface area contributed by atoms with Crippen molar-refractivity contribution in [2.24, 2.45) is 0 Å². The summed E-state index contributed by atoms with van der Waals surface area (Å²) in [7, 11) is -10.3. The van der Waals surface area contributed by atoms with Crippen molar-refractivity contribution < 1.29 is 114 Å². The molecule has 0 radical (unpaired) electrons. The second kappa shape index (κ2) is 9.86. The van der Waals surface area contributed by atoms with Gasteiger partial charge < -0.3 is 18.2 Å². The largest absolute Gasteiger partial charge is 3.00 e. The van der Waals surface area contributed by atoms with E-state index in [0.717, 1.165) is 0 Å². The minimum Gasteiger partial charge on any atom is -0.759 e. The topological polar surface area (TPSA) is 161 Å². The average molecular weight is 367 g/mol. The van der Waals surface area contributed by atoms with Gasteiger partial charge in [-0.05, 0) is 0 Å². The van der Waals surface area contributed by atoms with Crippen LogP contribution in [-0.2, 0) is 20.8 Å². The molecule has 0 heterocycles. The molecule has 12 heteroatoms. The van der Waals surface area contributed by atoms with Crippen molar-refractivity contribution in [3.05, 3.63) is 0 Å². The molecule has 0 saturated carbocycles. The fraction of sp³-hybridized carbons (Fsp3) is 0. The Bertz CT molecular complexity index is 213. The fourth-order valence-electron chi connectivity index (χ4n) is 0. The minimum absolute atomic E-state index is 0. The summed E-state index contributed by atoms with van der Waals surface area (Å²) < 4.78 is 68.2. The summed E-state index contributed by atoms with van der Waals surface area (Å²) >= 11 is 0. The van der Waals surface area contributed by atoms with Crippen molar-refractivity contribution in [1.29, 1.82) is 0 Å². The second-order valence-corrected chi connectivity index (χ2v) is 2.45. The molecule has 0 amide bonds. The molecule has 0 aliphatic rings. The van der Waals surface area contributed by atoms with Crippen molar-refractivity contribution in [3.8, 4) is 0 Å². The third kappa shape index (κ3) is 293. The van der Waals surface area contributed by atoms with Crippen LogP contribution in [0, 0.1) is 49.4 Å². The van der Waals surface area contributed by atoms with Gasteiger partial charge in [0.05, 0.1) is 0 Å². The van der Waals surface area contributed by atoms with Crippen LogP contribution in [0.25, 0.3) is 0 Å². The monoisotopic (exact) mass is 368 g/mol. The van der Waals surface area contributed by atoms with Gasteiger partial charge in [0.1, 0.15) is 0 Å². The molecule has 0 aromatic rings. The molecule has 12 heavy (non-hydrogen) atoms. The number of rotatable bonds is 0. The Morgan fingerprint density at radius 1 is 0.667 bits per heavy atom. The maximum absolute atomic E-state index is 8.52. The second-order valence-electron chi connectivity index (χ2n) is 0.816. The first kappa shape index (κ1) is 23.9. The van der Waals surface area contributed by atoms with Gasteiger partial charge in [0, 0.05) is 20.8 Å². The van der Waals surface area contributed by atoms with E-state index in [1.54, 1.807) is 0 Å². The number of hydrogen-bond donors (Lipinski definition) is 0. The zero-order valence-electron chi connectivity index (χ0n) is 5.46. The molecule has 0 rings (SSSR count). The Labute approximate surface area is 132 Å². The Balaban J connectivity index is -0.0000000457. The van der Waals surface area contributed by atoms with Crippen molar-refractivity contribution in [2.45, 2.75) is 0 Å². The first-order valence-electron chi connectivity index (χ1n) is 1.33. The van der Waals surface area contributed by atoms with Crippen LogP contribution < -0.4 is 29.6 Å². The van der Waals surface area contributed by atoms with Gasteiger partial charge in [0.15, 0.2) is 0 Å². The molecular formula is EuNaO8S2. The molecule has 0 bridgehead atoms. The maximum Gasteiger partial charge on any atom is 3.00 e. The van der Waals surface area contributed by atoms with Gasteiger partial charge in [-0.15, -0.1) is 0 Å². The minimum atomic E-state index is -5.17. The predicted octanol–water partition coefficient (Wildman–Crippen LogP) is -5.67. The summed E-state index contributed by atoms with van der Waals surface area (Å²) in [4.78, 5) is 0. The smallest absolute Gasteiger partial charge is 0.759 e. The summed E-state index contributed by atoms with van der Waals surface area (Å²) in [5.74, 6) is 0. The quantitative estimate of drug-likeness (QED) is 0.233. The van der Waals surface area contributed by atoms with Gasteiger partial charge in [-0.25, -0.2) is 0 Å². The molecule has 68 valence electrons. The van der Waals surface area contributed by atoms with Crippen LogP contribution in [0.2, 0.25) is 0 Å². The van der Waals surface area contributed by atoms with Crippen molar-refractivity contribution in [2.75, 3.05) is 0 Å². The SMILES string of the molecule is O=S(=O)([O-])[O-].O=S(=O)([O-])[O-].[Eu+3].[Na+]. The zero-order chi connectivity index (χ0) is 9.00. The summed E-state index contributed by atoms with van der Waals surface area (Å²) in [5.41, 5.74) is 0. The van der Waals surface area contributed by atoms with Crippen LogP contribution in [-0.4, -0.2) is 35.0 Å². The van der Waals surface area contributed by atoms with Crippen molar-refractivity contribution >= 4 is 20.8 Å². The summed E-state index contributed by atoms with van der Waals surface area (Å²) in [6.07, 6.45) is 0. The van der Waals surface area contributed by atoms with Gasteiger partial charge in [-0.2, -0.15) is 0 Å². The van der Waals surface area contributed by atoms with Gasteiger partial charge >= 0.3 is 78.9 Å². The van der Waals surface area contributed by atoms with Crippen molar-refractivity contribution in [1.82, 2.24) is 0 Å². The fourth-order valence-corrected chi connectivity index (χ4v) is 0. The molecule has 0 spiro atoms. The van der Waals surface area contributed by atoms with Crippen LogP contribution in [0.15, 0.2) is 0 Å². The van der Waals surface area contributed by atoms with E-state index in [9.17, 15) is 0 Å². The first-order valence-corrected chi connectivity index (χ1v) is 4.00. The molecule has 0 atom stereocenters. The third-order valence-corrected chi connectivity index (χ3v) is 0.